The molecule has 9 heteroatoms. The van der Waals surface area contributed by atoms with Gasteiger partial charge in [-0.15, -0.1) is 0 Å². The Bertz CT molecular complexity index is 1090. The van der Waals surface area contributed by atoms with Gasteiger partial charge in [0, 0.05) is 36.8 Å². The average Bonchev–Trinajstić information content (AvgIpc) is 3.09. The summed E-state index contributed by atoms with van der Waals surface area (Å²) in [7, 11) is 2.05. The standard InChI is InChI=1S/C20H18Cl2N4O2S/c1-25-6-8-26(9-7-25)19(28)12-2-5-16-17(10-12)29-20(23-16)24-18(27)14-4-3-13(21)11-15(14)22/h2-5,10-11H,6-9H2,1H3,(H,23,24,27). The Morgan fingerprint density at radius 3 is 2.55 bits per heavy atom. The third kappa shape index (κ3) is 4.38. The molecule has 2 heterocycles. The number of hydrogen-bond acceptors (Lipinski definition) is 5. The number of anilines is 1. The Morgan fingerprint density at radius 1 is 1.07 bits per heavy atom. The number of likely N-dealkylation sites (N-methyl/N-ethyl adjacent to an activating group) is 1. The van der Waals surface area contributed by atoms with E-state index in [4.69, 9.17) is 23.2 Å². The van der Waals surface area contributed by atoms with Crippen LogP contribution >= 0.6 is 34.5 Å². The van der Waals surface area contributed by atoms with Gasteiger partial charge in [-0.1, -0.05) is 34.5 Å². The quantitative estimate of drug-likeness (QED) is 0.650. The molecule has 29 heavy (non-hydrogen) atoms. The van der Waals surface area contributed by atoms with Gasteiger partial charge in [0.15, 0.2) is 5.13 Å². The second-order valence-electron chi connectivity index (χ2n) is 6.88. The molecule has 1 aliphatic rings. The molecule has 1 aliphatic heterocycles. The monoisotopic (exact) mass is 448 g/mol. The number of halogens is 2. The minimum absolute atomic E-state index is 0.0203. The van der Waals surface area contributed by atoms with Crippen LogP contribution in [0.4, 0.5) is 5.13 Å². The fourth-order valence-electron chi connectivity index (χ4n) is 3.14. The highest BCUT2D eigenvalue weighted by Crippen LogP contribution is 2.29. The fourth-order valence-corrected chi connectivity index (χ4v) is 4.54. The van der Waals surface area contributed by atoms with Gasteiger partial charge in [-0.3, -0.25) is 14.9 Å². The smallest absolute Gasteiger partial charge is 0.258 e. The lowest BCUT2D eigenvalue weighted by Crippen LogP contribution is -2.47. The Morgan fingerprint density at radius 2 is 1.83 bits per heavy atom. The number of carbonyl (C=O) groups excluding carboxylic acids is 2. The molecule has 6 nitrogen and oxygen atoms in total. The molecular weight excluding hydrogens is 431 g/mol. The fraction of sp³-hybridized carbons (Fsp3) is 0.250. The minimum Gasteiger partial charge on any atom is -0.336 e. The van der Waals surface area contributed by atoms with Crippen LogP contribution in [0.15, 0.2) is 36.4 Å². The maximum atomic E-state index is 12.8. The number of amides is 2. The number of rotatable bonds is 3. The summed E-state index contributed by atoms with van der Waals surface area (Å²) in [5, 5.41) is 3.95. The van der Waals surface area contributed by atoms with E-state index in [0.29, 0.717) is 21.3 Å². The topological polar surface area (TPSA) is 65.5 Å². The van der Waals surface area contributed by atoms with Crippen LogP contribution in [0.25, 0.3) is 10.2 Å². The van der Waals surface area contributed by atoms with Crippen molar-refractivity contribution >= 4 is 61.7 Å². The lowest BCUT2D eigenvalue weighted by atomic mass is 10.1. The van der Waals surface area contributed by atoms with Gasteiger partial charge in [0.1, 0.15) is 0 Å². The van der Waals surface area contributed by atoms with Crippen LogP contribution in [-0.2, 0) is 0 Å². The molecule has 1 saturated heterocycles. The van der Waals surface area contributed by atoms with E-state index in [2.05, 4.69) is 22.2 Å². The highest BCUT2D eigenvalue weighted by atomic mass is 35.5. The Balaban J connectivity index is 1.52. The third-order valence-corrected chi connectivity index (χ3v) is 6.30. The van der Waals surface area contributed by atoms with Gasteiger partial charge in [-0.05, 0) is 43.4 Å². The normalized spacial score (nSPS) is 14.9. The van der Waals surface area contributed by atoms with E-state index in [9.17, 15) is 9.59 Å². The highest BCUT2D eigenvalue weighted by Gasteiger charge is 2.21. The number of nitrogens with zero attached hydrogens (tertiary/aromatic N) is 3. The van der Waals surface area contributed by atoms with Crippen molar-refractivity contribution in [1.29, 1.82) is 0 Å². The van der Waals surface area contributed by atoms with Gasteiger partial charge in [0.05, 0.1) is 20.8 Å². The number of benzene rings is 2. The highest BCUT2D eigenvalue weighted by molar-refractivity contribution is 7.22. The summed E-state index contributed by atoms with van der Waals surface area (Å²) >= 11 is 13.3. The average molecular weight is 449 g/mol. The predicted molar refractivity (Wildman–Crippen MR) is 117 cm³/mol. The molecule has 0 bridgehead atoms. The summed E-state index contributed by atoms with van der Waals surface area (Å²) in [5.41, 5.74) is 1.67. The zero-order chi connectivity index (χ0) is 20.5. The summed E-state index contributed by atoms with van der Waals surface area (Å²) < 4.78 is 0.836. The van der Waals surface area contributed by atoms with Crippen molar-refractivity contribution in [3.05, 3.63) is 57.6 Å². The molecular formula is C20H18Cl2N4O2S. The lowest BCUT2D eigenvalue weighted by Gasteiger charge is -2.32. The van der Waals surface area contributed by atoms with Gasteiger partial charge in [-0.25, -0.2) is 4.98 Å². The SMILES string of the molecule is CN1CCN(C(=O)c2ccc3nc(NC(=O)c4ccc(Cl)cc4Cl)sc3c2)CC1. The zero-order valence-corrected chi connectivity index (χ0v) is 17.9. The first-order chi connectivity index (χ1) is 13.9. The number of nitrogens with one attached hydrogen (secondary N) is 1. The van der Waals surface area contributed by atoms with Crippen molar-refractivity contribution < 1.29 is 9.59 Å². The molecule has 3 aromatic rings. The molecule has 1 fully saturated rings. The molecule has 150 valence electrons. The second kappa shape index (κ2) is 8.28. The molecule has 1 N–H and O–H groups in total. The van der Waals surface area contributed by atoms with E-state index in [1.54, 1.807) is 24.3 Å². The zero-order valence-electron chi connectivity index (χ0n) is 15.6. The van der Waals surface area contributed by atoms with E-state index in [1.807, 2.05) is 11.0 Å². The maximum absolute atomic E-state index is 12.8. The van der Waals surface area contributed by atoms with E-state index in [0.717, 1.165) is 36.4 Å². The number of piperazine rings is 1. The van der Waals surface area contributed by atoms with Gasteiger partial charge in [0.2, 0.25) is 0 Å². The van der Waals surface area contributed by atoms with Crippen molar-refractivity contribution in [3.63, 3.8) is 0 Å². The molecule has 0 spiro atoms. The first-order valence-electron chi connectivity index (χ1n) is 9.05. The summed E-state index contributed by atoms with van der Waals surface area (Å²) in [6, 6.07) is 10.1. The molecule has 4 rings (SSSR count). The molecule has 1 aromatic heterocycles. The number of carbonyl (C=O) groups is 2. The predicted octanol–water partition coefficient (Wildman–Crippen LogP) is 4.24. The number of thiazole rings is 1. The van der Waals surface area contributed by atoms with E-state index in [-0.39, 0.29) is 16.8 Å². The van der Waals surface area contributed by atoms with E-state index in [1.165, 1.54) is 17.4 Å². The molecule has 0 atom stereocenters. The van der Waals surface area contributed by atoms with Crippen LogP contribution in [-0.4, -0.2) is 59.8 Å². The van der Waals surface area contributed by atoms with Crippen molar-refractivity contribution in [2.75, 3.05) is 38.5 Å². The molecule has 2 aromatic carbocycles. The van der Waals surface area contributed by atoms with Crippen LogP contribution in [0.2, 0.25) is 10.0 Å². The van der Waals surface area contributed by atoms with Crippen LogP contribution in [0, 0.1) is 0 Å². The largest absolute Gasteiger partial charge is 0.336 e. The number of hydrogen-bond donors (Lipinski definition) is 1. The van der Waals surface area contributed by atoms with Crippen LogP contribution in [0.1, 0.15) is 20.7 Å². The van der Waals surface area contributed by atoms with Gasteiger partial charge in [0.25, 0.3) is 11.8 Å². The Kier molecular flexibility index (Phi) is 5.74. The van der Waals surface area contributed by atoms with E-state index >= 15 is 0 Å². The first kappa shape index (κ1) is 20.1. The van der Waals surface area contributed by atoms with Gasteiger partial charge in [-0.2, -0.15) is 0 Å². The molecule has 2 amide bonds. The first-order valence-corrected chi connectivity index (χ1v) is 10.6. The van der Waals surface area contributed by atoms with Crippen molar-refractivity contribution in [2.45, 2.75) is 0 Å². The van der Waals surface area contributed by atoms with E-state index < -0.39 is 0 Å². The summed E-state index contributed by atoms with van der Waals surface area (Å²) in [5.74, 6) is -0.341. The number of aromatic nitrogens is 1. The van der Waals surface area contributed by atoms with Crippen LogP contribution in [0.3, 0.4) is 0 Å². The Labute approximate surface area is 182 Å². The van der Waals surface area contributed by atoms with Crippen LogP contribution < -0.4 is 5.32 Å². The summed E-state index contributed by atoms with van der Waals surface area (Å²) in [6.45, 7) is 3.19. The lowest BCUT2D eigenvalue weighted by molar-refractivity contribution is 0.0664. The number of fused-ring (bicyclic) bond motifs is 1. The van der Waals surface area contributed by atoms with Crippen molar-refractivity contribution in [1.82, 2.24) is 14.8 Å². The summed E-state index contributed by atoms with van der Waals surface area (Å²) in [6.07, 6.45) is 0. The molecule has 0 aliphatic carbocycles. The van der Waals surface area contributed by atoms with Crippen LogP contribution in [0.5, 0.6) is 0 Å². The second-order valence-corrected chi connectivity index (χ2v) is 8.75. The van der Waals surface area contributed by atoms with Gasteiger partial charge < -0.3 is 9.80 Å². The molecule has 0 radical (unpaired) electrons. The summed E-state index contributed by atoms with van der Waals surface area (Å²) in [4.78, 5) is 33.8. The molecule has 0 unspecified atom stereocenters. The van der Waals surface area contributed by atoms with Gasteiger partial charge >= 0.3 is 0 Å². The minimum atomic E-state index is -0.362. The third-order valence-electron chi connectivity index (χ3n) is 4.82. The maximum Gasteiger partial charge on any atom is 0.258 e. The van der Waals surface area contributed by atoms with Crippen molar-refractivity contribution in [2.24, 2.45) is 0 Å². The van der Waals surface area contributed by atoms with Crippen molar-refractivity contribution in [3.8, 4) is 0 Å². The molecule has 0 saturated carbocycles. The Hall–Kier alpha value is -2.19.